The molecule has 6 nitrogen and oxygen atoms in total. The largest absolute Gasteiger partial charge is 0.368 e. The number of hydrogen-bond acceptors (Lipinski definition) is 6. The van der Waals surface area contributed by atoms with Crippen molar-refractivity contribution in [3.8, 4) is 0 Å². The summed E-state index contributed by atoms with van der Waals surface area (Å²) in [6.45, 7) is 0.572. The van der Waals surface area contributed by atoms with Crippen LogP contribution >= 0.6 is 22.9 Å². The molecule has 21 heavy (non-hydrogen) atoms. The minimum absolute atomic E-state index is 0.138. The summed E-state index contributed by atoms with van der Waals surface area (Å²) in [4.78, 5) is 16.9. The van der Waals surface area contributed by atoms with Gasteiger partial charge in [0.25, 0.3) is 0 Å². The number of fused-ring (bicyclic) bond motifs is 2. The Hall–Kier alpha value is -2.25. The van der Waals surface area contributed by atoms with Gasteiger partial charge in [-0.2, -0.15) is 9.97 Å². The highest BCUT2D eigenvalue weighted by Crippen LogP contribution is 2.24. The number of halogens is 1. The van der Waals surface area contributed by atoms with Gasteiger partial charge in [0.1, 0.15) is 10.5 Å². The highest BCUT2D eigenvalue weighted by molar-refractivity contribution is 7.18. The summed E-state index contributed by atoms with van der Waals surface area (Å²) in [7, 11) is 0. The van der Waals surface area contributed by atoms with E-state index in [0.717, 1.165) is 15.2 Å². The Morgan fingerprint density at radius 1 is 1.19 bits per heavy atom. The molecule has 3 heterocycles. The molecule has 0 radical (unpaired) electrons. The lowest BCUT2D eigenvalue weighted by atomic mass is 10.3. The normalized spacial score (nSPS) is 11.5. The number of hydrogen-bond donors (Lipinski definition) is 1. The molecule has 104 valence electrons. The third-order valence-corrected chi connectivity index (χ3v) is 4.37. The van der Waals surface area contributed by atoms with Crippen LogP contribution in [0.15, 0.2) is 30.6 Å². The molecule has 0 amide bonds. The Morgan fingerprint density at radius 3 is 2.90 bits per heavy atom. The zero-order valence-corrected chi connectivity index (χ0v) is 12.3. The van der Waals surface area contributed by atoms with Crippen molar-refractivity contribution in [2.24, 2.45) is 0 Å². The average molecular weight is 317 g/mol. The van der Waals surface area contributed by atoms with Crippen LogP contribution in [0.4, 0.5) is 5.95 Å². The summed E-state index contributed by atoms with van der Waals surface area (Å²) >= 11 is 7.67. The Balaban J connectivity index is 1.80. The predicted molar refractivity (Wildman–Crippen MR) is 83.5 cm³/mol. The first-order chi connectivity index (χ1) is 10.2. The fourth-order valence-corrected chi connectivity index (χ4v) is 3.36. The van der Waals surface area contributed by atoms with Gasteiger partial charge in [-0.15, -0.1) is 11.3 Å². The van der Waals surface area contributed by atoms with Gasteiger partial charge in [0, 0.05) is 0 Å². The monoisotopic (exact) mass is 316 g/mol. The summed E-state index contributed by atoms with van der Waals surface area (Å²) in [5.41, 5.74) is 7.81. The van der Waals surface area contributed by atoms with Crippen molar-refractivity contribution >= 4 is 50.3 Å². The maximum Gasteiger partial charge on any atom is 0.223 e. The van der Waals surface area contributed by atoms with E-state index in [9.17, 15) is 0 Å². The van der Waals surface area contributed by atoms with Crippen LogP contribution in [0.1, 0.15) is 5.01 Å². The Morgan fingerprint density at radius 2 is 2.05 bits per heavy atom. The molecule has 8 heteroatoms. The zero-order chi connectivity index (χ0) is 14.4. The van der Waals surface area contributed by atoms with Crippen molar-refractivity contribution in [3.63, 3.8) is 0 Å². The number of benzene rings is 1. The van der Waals surface area contributed by atoms with Gasteiger partial charge >= 0.3 is 0 Å². The highest BCUT2D eigenvalue weighted by atomic mass is 35.5. The quantitative estimate of drug-likeness (QED) is 0.575. The number of rotatable bonds is 2. The Kier molecular flexibility index (Phi) is 2.76. The first-order valence-electron chi connectivity index (χ1n) is 6.19. The SMILES string of the molecule is Nc1nc(Cl)c2ncn(Cc3nc4ccccc4s3)c2n1. The van der Waals surface area contributed by atoms with E-state index in [1.165, 1.54) is 0 Å². The number of para-hydroxylation sites is 1. The molecule has 0 spiro atoms. The summed E-state index contributed by atoms with van der Waals surface area (Å²) in [5.74, 6) is 0.138. The first-order valence-corrected chi connectivity index (χ1v) is 7.38. The summed E-state index contributed by atoms with van der Waals surface area (Å²) in [5, 5.41) is 1.24. The smallest absolute Gasteiger partial charge is 0.223 e. The van der Waals surface area contributed by atoms with Crippen molar-refractivity contribution in [2.75, 3.05) is 5.73 Å². The highest BCUT2D eigenvalue weighted by Gasteiger charge is 2.12. The number of imidazole rings is 1. The Labute approximate surface area is 128 Å². The number of nitrogens with zero attached hydrogens (tertiary/aromatic N) is 5. The molecule has 0 saturated carbocycles. The van der Waals surface area contributed by atoms with E-state index < -0.39 is 0 Å². The van der Waals surface area contributed by atoms with Crippen molar-refractivity contribution in [2.45, 2.75) is 6.54 Å². The van der Waals surface area contributed by atoms with Crippen LogP contribution in [0.2, 0.25) is 5.15 Å². The van der Waals surface area contributed by atoms with Crippen LogP contribution in [0.25, 0.3) is 21.4 Å². The van der Waals surface area contributed by atoms with Crippen LogP contribution in [-0.4, -0.2) is 24.5 Å². The molecule has 4 aromatic rings. The van der Waals surface area contributed by atoms with Crippen LogP contribution < -0.4 is 5.73 Å². The topological polar surface area (TPSA) is 82.5 Å². The summed E-state index contributed by atoms with van der Waals surface area (Å²) in [6.07, 6.45) is 1.68. The molecule has 0 bridgehead atoms. The minimum Gasteiger partial charge on any atom is -0.368 e. The van der Waals surface area contributed by atoms with E-state index >= 15 is 0 Å². The molecular weight excluding hydrogens is 308 g/mol. The summed E-state index contributed by atoms with van der Waals surface area (Å²) < 4.78 is 3.03. The number of nitrogen functional groups attached to an aromatic ring is 1. The second-order valence-electron chi connectivity index (χ2n) is 4.49. The lowest BCUT2D eigenvalue weighted by Gasteiger charge is -2.01. The van der Waals surface area contributed by atoms with Gasteiger partial charge in [-0.05, 0) is 12.1 Å². The molecule has 0 saturated heterocycles. The van der Waals surface area contributed by atoms with Gasteiger partial charge in [0.2, 0.25) is 5.95 Å². The van der Waals surface area contributed by atoms with Gasteiger partial charge in [0.05, 0.1) is 23.1 Å². The molecular formula is C13H9ClN6S. The fraction of sp³-hybridized carbons (Fsp3) is 0.0769. The van der Waals surface area contributed by atoms with Crippen LogP contribution in [-0.2, 0) is 6.54 Å². The molecule has 0 atom stereocenters. The second-order valence-corrected chi connectivity index (χ2v) is 5.97. The maximum atomic E-state index is 6.02. The lowest BCUT2D eigenvalue weighted by molar-refractivity contribution is 0.808. The third kappa shape index (κ3) is 2.10. The van der Waals surface area contributed by atoms with Crippen molar-refractivity contribution in [3.05, 3.63) is 40.8 Å². The molecule has 0 aliphatic heterocycles. The molecule has 0 unspecified atom stereocenters. The van der Waals surface area contributed by atoms with Gasteiger partial charge in [0.15, 0.2) is 10.8 Å². The second kappa shape index (κ2) is 4.64. The number of nitrogens with two attached hydrogens (primary N) is 1. The number of aromatic nitrogens is 5. The molecule has 0 aliphatic rings. The Bertz CT molecular complexity index is 927. The van der Waals surface area contributed by atoms with E-state index in [-0.39, 0.29) is 11.1 Å². The maximum absolute atomic E-state index is 6.02. The number of anilines is 1. The van der Waals surface area contributed by atoms with Gasteiger partial charge in [-0.1, -0.05) is 23.7 Å². The van der Waals surface area contributed by atoms with Crippen molar-refractivity contribution < 1.29 is 0 Å². The van der Waals surface area contributed by atoms with Gasteiger partial charge < -0.3 is 10.3 Å². The van der Waals surface area contributed by atoms with E-state index in [2.05, 4.69) is 26.0 Å². The number of thiazole rings is 1. The molecule has 0 fully saturated rings. The standard InChI is InChI=1S/C13H9ClN6S/c14-11-10-12(19-13(15)18-11)20(6-16-10)5-9-17-7-3-1-2-4-8(7)21-9/h1-4,6H,5H2,(H2,15,18,19). The van der Waals surface area contributed by atoms with Gasteiger partial charge in [-0.25, -0.2) is 9.97 Å². The van der Waals surface area contributed by atoms with E-state index in [4.69, 9.17) is 17.3 Å². The van der Waals surface area contributed by atoms with Crippen LogP contribution in [0.5, 0.6) is 0 Å². The third-order valence-electron chi connectivity index (χ3n) is 3.08. The molecule has 4 rings (SSSR count). The van der Waals surface area contributed by atoms with Crippen molar-refractivity contribution in [1.82, 2.24) is 24.5 Å². The van der Waals surface area contributed by atoms with Gasteiger partial charge in [-0.3, -0.25) is 0 Å². The average Bonchev–Trinajstić information content (AvgIpc) is 3.03. The zero-order valence-electron chi connectivity index (χ0n) is 10.7. The summed E-state index contributed by atoms with van der Waals surface area (Å²) in [6, 6.07) is 8.04. The van der Waals surface area contributed by atoms with Crippen LogP contribution in [0, 0.1) is 0 Å². The fourth-order valence-electron chi connectivity index (χ4n) is 2.17. The predicted octanol–water partition coefficient (Wildman–Crippen LogP) is 2.72. The molecule has 0 aliphatic carbocycles. The van der Waals surface area contributed by atoms with Crippen LogP contribution in [0.3, 0.4) is 0 Å². The molecule has 2 N–H and O–H groups in total. The van der Waals surface area contributed by atoms with E-state index in [0.29, 0.717) is 17.7 Å². The van der Waals surface area contributed by atoms with E-state index in [1.807, 2.05) is 22.8 Å². The van der Waals surface area contributed by atoms with Crippen molar-refractivity contribution in [1.29, 1.82) is 0 Å². The minimum atomic E-state index is 0.138. The molecule has 1 aromatic carbocycles. The van der Waals surface area contributed by atoms with E-state index in [1.54, 1.807) is 17.7 Å². The molecule has 3 aromatic heterocycles. The first kappa shape index (κ1) is 12.5. The lowest BCUT2D eigenvalue weighted by Crippen LogP contribution is -2.02.